The monoisotopic (exact) mass is 255 g/mol. The van der Waals surface area contributed by atoms with Crippen LogP contribution < -0.4 is 5.73 Å². The van der Waals surface area contributed by atoms with Crippen LogP contribution in [0.5, 0.6) is 0 Å². The van der Waals surface area contributed by atoms with Crippen LogP contribution in [0.3, 0.4) is 0 Å². The number of thioether (sulfide) groups is 1. The second-order valence-corrected chi connectivity index (χ2v) is 4.97. The molecule has 1 heterocycles. The third-order valence-electron chi connectivity index (χ3n) is 2.87. The van der Waals surface area contributed by atoms with Crippen LogP contribution in [0.2, 0.25) is 0 Å². The van der Waals surface area contributed by atoms with Gasteiger partial charge in [-0.15, -0.1) is 11.8 Å². The van der Waals surface area contributed by atoms with E-state index in [0.717, 1.165) is 28.1 Å². The molecule has 0 atom stereocenters. The standard InChI is InChI=1S/C14H13N3S/c1-18-11-5-2-9(3-6-11)14-16-12-7-4-10(15)8-13(12)17-14/h2-8H,15H2,1H3,(H,16,17). The topological polar surface area (TPSA) is 54.7 Å². The Morgan fingerprint density at radius 3 is 2.61 bits per heavy atom. The first-order chi connectivity index (χ1) is 8.76. The van der Waals surface area contributed by atoms with Gasteiger partial charge in [-0.3, -0.25) is 0 Å². The van der Waals surface area contributed by atoms with Gasteiger partial charge in [-0.25, -0.2) is 4.98 Å². The van der Waals surface area contributed by atoms with Gasteiger partial charge in [-0.05, 0) is 36.6 Å². The second kappa shape index (κ2) is 4.38. The summed E-state index contributed by atoms with van der Waals surface area (Å²) in [5.74, 6) is 0.878. The number of nitrogens with one attached hydrogen (secondary N) is 1. The number of hydrogen-bond donors (Lipinski definition) is 2. The largest absolute Gasteiger partial charge is 0.399 e. The van der Waals surface area contributed by atoms with E-state index < -0.39 is 0 Å². The van der Waals surface area contributed by atoms with Gasteiger partial charge in [0.15, 0.2) is 0 Å². The van der Waals surface area contributed by atoms with Crippen molar-refractivity contribution in [3.05, 3.63) is 42.5 Å². The fraction of sp³-hybridized carbons (Fsp3) is 0.0714. The molecule has 0 radical (unpaired) electrons. The molecule has 3 N–H and O–H groups in total. The second-order valence-electron chi connectivity index (χ2n) is 4.09. The molecule has 18 heavy (non-hydrogen) atoms. The fourth-order valence-electron chi connectivity index (χ4n) is 1.91. The van der Waals surface area contributed by atoms with E-state index in [1.54, 1.807) is 11.8 Å². The molecule has 3 aromatic rings. The van der Waals surface area contributed by atoms with E-state index in [4.69, 9.17) is 5.73 Å². The molecule has 4 heteroatoms. The van der Waals surface area contributed by atoms with Crippen LogP contribution in [0.25, 0.3) is 22.4 Å². The van der Waals surface area contributed by atoms with Gasteiger partial charge >= 0.3 is 0 Å². The number of hydrogen-bond acceptors (Lipinski definition) is 3. The van der Waals surface area contributed by atoms with Crippen LogP contribution in [0.4, 0.5) is 5.69 Å². The summed E-state index contributed by atoms with van der Waals surface area (Å²) >= 11 is 1.73. The number of nitrogens with zero attached hydrogens (tertiary/aromatic N) is 1. The lowest BCUT2D eigenvalue weighted by molar-refractivity contribution is 1.32. The van der Waals surface area contributed by atoms with E-state index in [1.807, 2.05) is 18.2 Å². The van der Waals surface area contributed by atoms with Gasteiger partial charge in [-0.2, -0.15) is 0 Å². The average Bonchev–Trinajstić information content (AvgIpc) is 2.81. The van der Waals surface area contributed by atoms with Crippen molar-refractivity contribution >= 4 is 28.5 Å². The minimum atomic E-state index is 0.746. The summed E-state index contributed by atoms with van der Waals surface area (Å²) in [6.07, 6.45) is 2.07. The van der Waals surface area contributed by atoms with Gasteiger partial charge in [0.05, 0.1) is 11.0 Å². The first kappa shape index (κ1) is 11.2. The van der Waals surface area contributed by atoms with E-state index in [2.05, 4.69) is 40.5 Å². The third-order valence-corrected chi connectivity index (χ3v) is 3.61. The van der Waals surface area contributed by atoms with E-state index in [1.165, 1.54) is 4.90 Å². The number of aromatic amines is 1. The summed E-state index contributed by atoms with van der Waals surface area (Å²) in [5, 5.41) is 0. The average molecular weight is 255 g/mol. The predicted octanol–water partition coefficient (Wildman–Crippen LogP) is 3.53. The Labute approximate surface area is 109 Å². The zero-order valence-electron chi connectivity index (χ0n) is 9.97. The summed E-state index contributed by atoms with van der Waals surface area (Å²) in [7, 11) is 0. The van der Waals surface area contributed by atoms with E-state index >= 15 is 0 Å². The summed E-state index contributed by atoms with van der Waals surface area (Å²) in [4.78, 5) is 9.10. The molecule has 1 aromatic heterocycles. The quantitative estimate of drug-likeness (QED) is 0.544. The van der Waals surface area contributed by atoms with Crippen LogP contribution in [-0.2, 0) is 0 Å². The maximum atomic E-state index is 5.76. The third kappa shape index (κ3) is 1.95. The molecule has 2 aromatic carbocycles. The van der Waals surface area contributed by atoms with Crippen LogP contribution >= 0.6 is 11.8 Å². The maximum Gasteiger partial charge on any atom is 0.138 e. The van der Waals surface area contributed by atoms with Crippen LogP contribution in [0, 0.1) is 0 Å². The van der Waals surface area contributed by atoms with Crippen molar-refractivity contribution in [2.24, 2.45) is 0 Å². The number of anilines is 1. The van der Waals surface area contributed by atoms with Gasteiger partial charge in [0, 0.05) is 16.1 Å². The number of nitrogens with two attached hydrogens (primary N) is 1. The lowest BCUT2D eigenvalue weighted by atomic mass is 10.2. The molecule has 0 unspecified atom stereocenters. The van der Waals surface area contributed by atoms with Crippen molar-refractivity contribution < 1.29 is 0 Å². The number of fused-ring (bicyclic) bond motifs is 1. The highest BCUT2D eigenvalue weighted by atomic mass is 32.2. The Bertz CT molecular complexity index is 686. The molecule has 0 aliphatic rings. The number of rotatable bonds is 2. The number of aromatic nitrogens is 2. The Morgan fingerprint density at radius 2 is 1.89 bits per heavy atom. The first-order valence-corrected chi connectivity index (χ1v) is 6.88. The Hall–Kier alpha value is -1.94. The molecule has 0 aliphatic heterocycles. The molecule has 0 saturated heterocycles. The van der Waals surface area contributed by atoms with Crippen molar-refractivity contribution in [1.82, 2.24) is 9.97 Å². The molecule has 90 valence electrons. The van der Waals surface area contributed by atoms with E-state index in [-0.39, 0.29) is 0 Å². The molecule has 3 rings (SSSR count). The zero-order chi connectivity index (χ0) is 12.5. The molecule has 0 fully saturated rings. The Balaban J connectivity index is 2.07. The van der Waals surface area contributed by atoms with Gasteiger partial charge in [-0.1, -0.05) is 12.1 Å². The van der Waals surface area contributed by atoms with Crippen LogP contribution in [0.15, 0.2) is 47.4 Å². The van der Waals surface area contributed by atoms with Crippen LogP contribution in [0.1, 0.15) is 0 Å². The Kier molecular flexibility index (Phi) is 2.72. The summed E-state index contributed by atoms with van der Waals surface area (Å²) < 4.78 is 0. The minimum Gasteiger partial charge on any atom is -0.399 e. The normalized spacial score (nSPS) is 10.9. The van der Waals surface area contributed by atoms with Crippen molar-refractivity contribution in [3.63, 3.8) is 0 Å². The lowest BCUT2D eigenvalue weighted by Gasteiger charge is -1.98. The lowest BCUT2D eigenvalue weighted by Crippen LogP contribution is -1.82. The zero-order valence-corrected chi connectivity index (χ0v) is 10.8. The van der Waals surface area contributed by atoms with Crippen molar-refractivity contribution in [1.29, 1.82) is 0 Å². The maximum absolute atomic E-state index is 5.76. The Morgan fingerprint density at radius 1 is 1.11 bits per heavy atom. The van der Waals surface area contributed by atoms with Crippen molar-refractivity contribution in [3.8, 4) is 11.4 Å². The van der Waals surface area contributed by atoms with E-state index in [9.17, 15) is 0 Å². The van der Waals surface area contributed by atoms with Crippen molar-refractivity contribution in [2.45, 2.75) is 4.90 Å². The van der Waals surface area contributed by atoms with Gasteiger partial charge in [0.1, 0.15) is 5.82 Å². The highest BCUT2D eigenvalue weighted by Gasteiger charge is 2.05. The highest BCUT2D eigenvalue weighted by Crippen LogP contribution is 2.24. The molecule has 0 bridgehead atoms. The van der Waals surface area contributed by atoms with Gasteiger partial charge in [0.25, 0.3) is 0 Å². The van der Waals surface area contributed by atoms with Crippen molar-refractivity contribution in [2.75, 3.05) is 12.0 Å². The van der Waals surface area contributed by atoms with E-state index in [0.29, 0.717) is 0 Å². The SMILES string of the molecule is CSc1ccc(-c2nc3ccc(N)cc3[nH]2)cc1. The van der Waals surface area contributed by atoms with Crippen LogP contribution in [-0.4, -0.2) is 16.2 Å². The van der Waals surface area contributed by atoms with Gasteiger partial charge in [0.2, 0.25) is 0 Å². The fourth-order valence-corrected chi connectivity index (χ4v) is 2.32. The molecule has 0 spiro atoms. The summed E-state index contributed by atoms with van der Waals surface area (Å²) in [5.41, 5.74) is 9.50. The summed E-state index contributed by atoms with van der Waals surface area (Å²) in [6.45, 7) is 0. The number of nitrogen functional groups attached to an aromatic ring is 1. The van der Waals surface area contributed by atoms with Gasteiger partial charge < -0.3 is 10.7 Å². The predicted molar refractivity (Wildman–Crippen MR) is 77.7 cm³/mol. The molecular weight excluding hydrogens is 242 g/mol. The first-order valence-electron chi connectivity index (χ1n) is 5.66. The smallest absolute Gasteiger partial charge is 0.138 e. The highest BCUT2D eigenvalue weighted by molar-refractivity contribution is 7.98. The molecule has 0 saturated carbocycles. The molecule has 0 aliphatic carbocycles. The molecule has 3 nitrogen and oxygen atoms in total. The molecule has 0 amide bonds. The number of imidazole rings is 1. The number of benzene rings is 2. The number of H-pyrrole nitrogens is 1. The minimum absolute atomic E-state index is 0.746. The molecular formula is C14H13N3S. The summed E-state index contributed by atoms with van der Waals surface area (Å²) in [6, 6.07) is 14.1.